The number of carbonyl (C=O) groups is 1. The van der Waals surface area contributed by atoms with E-state index in [1.807, 2.05) is 59.3 Å². The summed E-state index contributed by atoms with van der Waals surface area (Å²) in [5.74, 6) is 0.629. The average Bonchev–Trinajstić information content (AvgIpc) is 3.21. The van der Waals surface area contributed by atoms with Crippen LogP contribution in [-0.4, -0.2) is 66.7 Å². The van der Waals surface area contributed by atoms with Crippen LogP contribution in [0.1, 0.15) is 6.42 Å². The fourth-order valence-corrected chi connectivity index (χ4v) is 5.17. The normalized spacial score (nSPS) is 15.3. The second-order valence-electron chi connectivity index (χ2n) is 7.56. The molecule has 3 aromatic rings. The van der Waals surface area contributed by atoms with E-state index in [1.165, 1.54) is 4.31 Å². The van der Waals surface area contributed by atoms with Crippen molar-refractivity contribution in [3.05, 3.63) is 60.9 Å². The Morgan fingerprint density at radius 3 is 2.55 bits per heavy atom. The van der Waals surface area contributed by atoms with E-state index in [0.29, 0.717) is 39.1 Å². The molecule has 0 radical (unpaired) electrons. The summed E-state index contributed by atoms with van der Waals surface area (Å²) in [4.78, 5) is 18.6. The number of carbonyl (C=O) groups excluding carboxylic acids is 1. The van der Waals surface area contributed by atoms with E-state index in [9.17, 15) is 13.2 Å². The van der Waals surface area contributed by atoms with Crippen LogP contribution in [0, 0.1) is 0 Å². The minimum absolute atomic E-state index is 0.0885. The number of piperazine rings is 1. The van der Waals surface area contributed by atoms with Crippen molar-refractivity contribution in [1.82, 2.24) is 19.2 Å². The Morgan fingerprint density at radius 2 is 1.77 bits per heavy atom. The standard InChI is InChI=1S/C22H27N5O3S/c28-22(9-13-25-12-8-19-5-1-2-6-20(19)25)24-11-18-31(29,30)27-16-14-26(15-17-27)21-7-3-4-10-23-21/h1-8,10,12H,9,11,13-18H2,(H,24,28). The number of fused-ring (bicyclic) bond motifs is 1. The summed E-state index contributed by atoms with van der Waals surface area (Å²) < 4.78 is 28.8. The number of pyridine rings is 1. The highest BCUT2D eigenvalue weighted by atomic mass is 32.2. The highest BCUT2D eigenvalue weighted by Crippen LogP contribution is 2.16. The first-order valence-electron chi connectivity index (χ1n) is 10.5. The average molecular weight is 442 g/mol. The Balaban J connectivity index is 1.20. The van der Waals surface area contributed by atoms with Crippen LogP contribution in [0.3, 0.4) is 0 Å². The number of aromatic nitrogens is 2. The van der Waals surface area contributed by atoms with Gasteiger partial charge in [-0.15, -0.1) is 0 Å². The highest BCUT2D eigenvalue weighted by molar-refractivity contribution is 7.89. The number of rotatable bonds is 8. The number of benzene rings is 1. The van der Waals surface area contributed by atoms with E-state index in [-0.39, 0.29) is 18.2 Å². The molecule has 1 amide bonds. The molecule has 0 spiro atoms. The van der Waals surface area contributed by atoms with Crippen LogP contribution in [-0.2, 0) is 21.4 Å². The molecule has 1 saturated heterocycles. The number of hydrogen-bond acceptors (Lipinski definition) is 5. The third-order valence-corrected chi connectivity index (χ3v) is 7.42. The molecule has 0 aliphatic carbocycles. The summed E-state index contributed by atoms with van der Waals surface area (Å²) in [6, 6.07) is 15.7. The van der Waals surface area contributed by atoms with E-state index < -0.39 is 10.0 Å². The summed E-state index contributed by atoms with van der Waals surface area (Å²) >= 11 is 0. The molecule has 3 heterocycles. The van der Waals surface area contributed by atoms with Gasteiger partial charge in [0.15, 0.2) is 0 Å². The molecule has 1 fully saturated rings. The molecule has 0 saturated carbocycles. The van der Waals surface area contributed by atoms with Crippen molar-refractivity contribution < 1.29 is 13.2 Å². The molecule has 31 heavy (non-hydrogen) atoms. The second kappa shape index (κ2) is 9.49. The minimum Gasteiger partial charge on any atom is -0.355 e. The Morgan fingerprint density at radius 1 is 1.00 bits per heavy atom. The maximum atomic E-state index is 12.6. The molecule has 164 valence electrons. The lowest BCUT2D eigenvalue weighted by Crippen LogP contribution is -2.50. The lowest BCUT2D eigenvalue weighted by atomic mass is 10.2. The van der Waals surface area contributed by atoms with Gasteiger partial charge in [-0.3, -0.25) is 4.79 Å². The number of anilines is 1. The van der Waals surface area contributed by atoms with Crippen LogP contribution >= 0.6 is 0 Å². The fraction of sp³-hybridized carbons (Fsp3) is 0.364. The lowest BCUT2D eigenvalue weighted by Gasteiger charge is -2.34. The molecule has 1 N–H and O–H groups in total. The van der Waals surface area contributed by atoms with Crippen LogP contribution in [0.4, 0.5) is 5.82 Å². The van der Waals surface area contributed by atoms with Crippen molar-refractivity contribution in [2.75, 3.05) is 43.4 Å². The molecule has 0 bridgehead atoms. The van der Waals surface area contributed by atoms with Crippen LogP contribution in [0.15, 0.2) is 60.9 Å². The van der Waals surface area contributed by atoms with Gasteiger partial charge in [-0.2, -0.15) is 4.31 Å². The lowest BCUT2D eigenvalue weighted by molar-refractivity contribution is -0.121. The second-order valence-corrected chi connectivity index (χ2v) is 9.65. The quantitative estimate of drug-likeness (QED) is 0.575. The predicted octanol–water partition coefficient (Wildman–Crippen LogP) is 1.69. The van der Waals surface area contributed by atoms with Crippen LogP contribution in [0.5, 0.6) is 0 Å². The zero-order valence-electron chi connectivity index (χ0n) is 17.4. The van der Waals surface area contributed by atoms with Crippen LogP contribution < -0.4 is 10.2 Å². The van der Waals surface area contributed by atoms with Gasteiger partial charge in [-0.25, -0.2) is 13.4 Å². The van der Waals surface area contributed by atoms with Gasteiger partial charge in [-0.05, 0) is 29.7 Å². The molecule has 1 aliphatic rings. The first-order valence-corrected chi connectivity index (χ1v) is 12.1. The van der Waals surface area contributed by atoms with E-state index in [4.69, 9.17) is 0 Å². The Labute approximate surface area is 182 Å². The maximum absolute atomic E-state index is 12.6. The zero-order chi connectivity index (χ0) is 21.7. The van der Waals surface area contributed by atoms with Crippen molar-refractivity contribution in [3.8, 4) is 0 Å². The Kier molecular flexibility index (Phi) is 6.53. The van der Waals surface area contributed by atoms with Crippen molar-refractivity contribution in [2.45, 2.75) is 13.0 Å². The van der Waals surface area contributed by atoms with Gasteiger partial charge < -0.3 is 14.8 Å². The van der Waals surface area contributed by atoms with Gasteiger partial charge in [-0.1, -0.05) is 24.3 Å². The van der Waals surface area contributed by atoms with E-state index in [1.54, 1.807) is 6.20 Å². The summed E-state index contributed by atoms with van der Waals surface area (Å²) in [7, 11) is -3.41. The van der Waals surface area contributed by atoms with Crippen LogP contribution in [0.2, 0.25) is 0 Å². The summed E-state index contributed by atoms with van der Waals surface area (Å²) in [6.45, 7) is 2.73. The number of nitrogens with one attached hydrogen (secondary N) is 1. The minimum atomic E-state index is -3.41. The first kappa shape index (κ1) is 21.3. The fourth-order valence-electron chi connectivity index (χ4n) is 3.83. The van der Waals surface area contributed by atoms with E-state index in [2.05, 4.69) is 15.2 Å². The molecule has 8 nitrogen and oxygen atoms in total. The monoisotopic (exact) mass is 441 g/mol. The number of para-hydroxylation sites is 1. The maximum Gasteiger partial charge on any atom is 0.221 e. The van der Waals surface area contributed by atoms with Gasteiger partial charge in [0, 0.05) is 63.6 Å². The third kappa shape index (κ3) is 5.23. The first-order chi connectivity index (χ1) is 15.0. The van der Waals surface area contributed by atoms with Gasteiger partial charge in [0.05, 0.1) is 5.75 Å². The number of nitrogens with zero attached hydrogens (tertiary/aromatic N) is 4. The Hall–Kier alpha value is -2.91. The number of hydrogen-bond donors (Lipinski definition) is 1. The smallest absolute Gasteiger partial charge is 0.221 e. The molecule has 0 atom stereocenters. The molecule has 0 unspecified atom stereocenters. The van der Waals surface area contributed by atoms with Crippen molar-refractivity contribution in [2.24, 2.45) is 0 Å². The third-order valence-electron chi connectivity index (χ3n) is 5.55. The summed E-state index contributed by atoms with van der Waals surface area (Å²) in [5.41, 5.74) is 1.09. The van der Waals surface area contributed by atoms with E-state index >= 15 is 0 Å². The van der Waals surface area contributed by atoms with Gasteiger partial charge in [0.2, 0.25) is 15.9 Å². The summed E-state index contributed by atoms with van der Waals surface area (Å²) in [5, 5.41) is 3.88. The molecular weight excluding hydrogens is 414 g/mol. The molecule has 1 aromatic carbocycles. The molecular formula is C22H27N5O3S. The number of sulfonamides is 1. The molecule has 9 heteroatoms. The largest absolute Gasteiger partial charge is 0.355 e. The summed E-state index contributed by atoms with van der Waals surface area (Å²) in [6.07, 6.45) is 4.01. The van der Waals surface area contributed by atoms with Crippen molar-refractivity contribution >= 4 is 32.7 Å². The number of aryl methyl sites for hydroxylation is 1. The zero-order valence-corrected chi connectivity index (χ0v) is 18.2. The molecule has 4 rings (SSSR count). The van der Waals surface area contributed by atoms with Gasteiger partial charge >= 0.3 is 0 Å². The molecule has 2 aromatic heterocycles. The molecule has 1 aliphatic heterocycles. The van der Waals surface area contributed by atoms with Crippen LogP contribution in [0.25, 0.3) is 10.9 Å². The van der Waals surface area contributed by atoms with E-state index in [0.717, 1.165) is 16.7 Å². The predicted molar refractivity (Wildman–Crippen MR) is 121 cm³/mol. The Bertz CT molecular complexity index is 1120. The SMILES string of the molecule is O=C(CCn1ccc2ccccc21)NCCS(=O)(=O)N1CCN(c2ccccn2)CC1. The highest BCUT2D eigenvalue weighted by Gasteiger charge is 2.27. The van der Waals surface area contributed by atoms with Gasteiger partial charge in [0.25, 0.3) is 0 Å². The van der Waals surface area contributed by atoms with Crippen molar-refractivity contribution in [1.29, 1.82) is 0 Å². The number of amides is 1. The van der Waals surface area contributed by atoms with Crippen molar-refractivity contribution in [3.63, 3.8) is 0 Å². The topological polar surface area (TPSA) is 87.5 Å². The van der Waals surface area contributed by atoms with Gasteiger partial charge in [0.1, 0.15) is 5.82 Å².